The second kappa shape index (κ2) is 9.87. The van der Waals surface area contributed by atoms with Crippen LogP contribution in [-0.2, 0) is 19.1 Å². The Hall–Kier alpha value is -3.00. The van der Waals surface area contributed by atoms with E-state index in [1.807, 2.05) is 6.92 Å². The number of carbonyl (C=O) groups is 2. The number of dihydropyridines is 1. The summed E-state index contributed by atoms with van der Waals surface area (Å²) in [6, 6.07) is 3.55. The number of allylic oxidation sites excluding steroid dienone is 3. The van der Waals surface area contributed by atoms with Gasteiger partial charge < -0.3 is 29.0 Å². The van der Waals surface area contributed by atoms with Gasteiger partial charge in [-0.15, -0.1) is 0 Å². The van der Waals surface area contributed by atoms with Crippen LogP contribution in [0.1, 0.15) is 37.7 Å². The highest BCUT2D eigenvalue weighted by Gasteiger charge is 2.39. The van der Waals surface area contributed by atoms with Crippen LogP contribution in [0.5, 0.6) is 17.2 Å². The number of hydrogen-bond acceptors (Lipinski definition) is 8. The molecule has 0 aromatic heterocycles. The minimum absolute atomic E-state index is 0.0159. The van der Waals surface area contributed by atoms with Crippen molar-refractivity contribution in [2.75, 3.05) is 41.7 Å². The summed E-state index contributed by atoms with van der Waals surface area (Å²) in [4.78, 5) is 26.1. The molecule has 31 heavy (non-hydrogen) atoms. The van der Waals surface area contributed by atoms with E-state index in [0.29, 0.717) is 46.1 Å². The quantitative estimate of drug-likeness (QED) is 0.496. The molecule has 8 nitrogen and oxygen atoms in total. The van der Waals surface area contributed by atoms with Gasteiger partial charge in [0.25, 0.3) is 0 Å². The maximum atomic E-state index is 13.1. The van der Waals surface area contributed by atoms with E-state index in [-0.39, 0.29) is 19.0 Å². The molecular weight excluding hydrogens is 402 g/mol. The molecule has 0 amide bonds. The van der Waals surface area contributed by atoms with Gasteiger partial charge in [-0.05, 0) is 37.5 Å². The molecule has 1 heterocycles. The zero-order valence-electron chi connectivity index (χ0n) is 18.6. The van der Waals surface area contributed by atoms with Gasteiger partial charge >= 0.3 is 5.97 Å². The highest BCUT2D eigenvalue weighted by atomic mass is 16.6. The molecule has 1 N–H and O–H groups in total. The first-order chi connectivity index (χ1) is 15.0. The van der Waals surface area contributed by atoms with Gasteiger partial charge in [0.15, 0.2) is 17.3 Å². The number of benzene rings is 1. The fourth-order valence-corrected chi connectivity index (χ4v) is 4.15. The van der Waals surface area contributed by atoms with Gasteiger partial charge in [0.05, 0.1) is 33.5 Å². The Morgan fingerprint density at radius 2 is 1.71 bits per heavy atom. The van der Waals surface area contributed by atoms with Crippen molar-refractivity contribution >= 4 is 11.8 Å². The van der Waals surface area contributed by atoms with Crippen molar-refractivity contribution in [3.8, 4) is 17.2 Å². The Kier molecular flexibility index (Phi) is 7.22. The summed E-state index contributed by atoms with van der Waals surface area (Å²) in [6.45, 7) is 2.22. The number of nitrogens with one attached hydrogen (secondary N) is 1. The van der Waals surface area contributed by atoms with Crippen LogP contribution in [0.4, 0.5) is 0 Å². The van der Waals surface area contributed by atoms with E-state index in [4.69, 9.17) is 23.7 Å². The molecule has 1 aliphatic carbocycles. The predicted octanol–water partition coefficient (Wildman–Crippen LogP) is 2.87. The van der Waals surface area contributed by atoms with Gasteiger partial charge in [-0.25, -0.2) is 4.79 Å². The summed E-state index contributed by atoms with van der Waals surface area (Å²) in [5.74, 6) is 0.258. The molecule has 3 rings (SSSR count). The average Bonchev–Trinajstić information content (AvgIpc) is 2.77. The highest BCUT2D eigenvalue weighted by Crippen LogP contribution is 2.47. The van der Waals surface area contributed by atoms with E-state index in [9.17, 15) is 9.59 Å². The molecule has 1 aliphatic heterocycles. The first kappa shape index (κ1) is 22.7. The summed E-state index contributed by atoms with van der Waals surface area (Å²) in [6.07, 6.45) is 1.95. The number of ketones is 1. The molecule has 0 saturated carbocycles. The SMILES string of the molecule is COCCOC(=O)C1=C(C)NC2=C(C(=O)CCC2)[C@H]1c1cc(OC)c(OC)c(OC)c1. The lowest BCUT2D eigenvalue weighted by Crippen LogP contribution is -2.34. The normalized spacial score (nSPS) is 18.4. The molecule has 1 aromatic carbocycles. The molecule has 8 heteroatoms. The van der Waals surface area contributed by atoms with E-state index in [0.717, 1.165) is 18.5 Å². The van der Waals surface area contributed by atoms with Crippen LogP contribution >= 0.6 is 0 Å². The lowest BCUT2D eigenvalue weighted by molar-refractivity contribution is -0.140. The number of Topliss-reactive ketones (excluding diaryl/α,β-unsaturated/α-hetero) is 1. The van der Waals surface area contributed by atoms with Gasteiger partial charge in [-0.3, -0.25) is 4.79 Å². The van der Waals surface area contributed by atoms with Crippen molar-refractivity contribution < 1.29 is 33.3 Å². The molecule has 2 aliphatic rings. The summed E-state index contributed by atoms with van der Waals surface area (Å²) < 4.78 is 26.9. The van der Waals surface area contributed by atoms with E-state index in [1.54, 1.807) is 12.1 Å². The van der Waals surface area contributed by atoms with Crippen molar-refractivity contribution in [1.29, 1.82) is 0 Å². The van der Waals surface area contributed by atoms with Crippen LogP contribution in [0.2, 0.25) is 0 Å². The maximum absolute atomic E-state index is 13.1. The second-order valence-electron chi connectivity index (χ2n) is 7.35. The third-order valence-electron chi connectivity index (χ3n) is 5.54. The molecule has 1 aromatic rings. The standard InChI is InChI=1S/C23H29NO7/c1-13-19(23(26)31-10-9-27-2)20(21-15(24-13)7-6-8-16(21)25)14-11-17(28-3)22(30-5)18(12-14)29-4/h11-12,20,24H,6-10H2,1-5H3/t20-/m0/s1. The minimum Gasteiger partial charge on any atom is -0.493 e. The number of methoxy groups -OCH3 is 4. The van der Waals surface area contributed by atoms with Crippen LogP contribution in [0.25, 0.3) is 0 Å². The Labute approximate surface area is 182 Å². The van der Waals surface area contributed by atoms with Crippen LogP contribution in [-0.4, -0.2) is 53.4 Å². The molecule has 0 unspecified atom stereocenters. The summed E-state index contributed by atoms with van der Waals surface area (Å²) in [7, 11) is 6.12. The molecule has 0 spiro atoms. The number of hydrogen-bond donors (Lipinski definition) is 1. The molecule has 0 saturated heterocycles. The lowest BCUT2D eigenvalue weighted by Gasteiger charge is -2.34. The molecule has 168 valence electrons. The Bertz CT molecular complexity index is 907. The third kappa shape index (κ3) is 4.39. The Balaban J connectivity index is 2.17. The van der Waals surface area contributed by atoms with E-state index >= 15 is 0 Å². The number of esters is 1. The Morgan fingerprint density at radius 3 is 2.29 bits per heavy atom. The summed E-state index contributed by atoms with van der Waals surface area (Å²) in [5, 5.41) is 3.27. The van der Waals surface area contributed by atoms with Gasteiger partial charge in [-0.1, -0.05) is 0 Å². The van der Waals surface area contributed by atoms with Gasteiger partial charge in [0.2, 0.25) is 5.75 Å². The van der Waals surface area contributed by atoms with Crippen molar-refractivity contribution in [2.24, 2.45) is 0 Å². The lowest BCUT2D eigenvalue weighted by atomic mass is 9.75. The van der Waals surface area contributed by atoms with Crippen LogP contribution in [0, 0.1) is 0 Å². The van der Waals surface area contributed by atoms with Crippen LogP contribution < -0.4 is 19.5 Å². The molecule has 0 fully saturated rings. The summed E-state index contributed by atoms with van der Waals surface area (Å²) >= 11 is 0. The first-order valence-corrected chi connectivity index (χ1v) is 10.2. The van der Waals surface area contributed by atoms with E-state index < -0.39 is 11.9 Å². The van der Waals surface area contributed by atoms with Crippen LogP contribution in [0.15, 0.2) is 34.7 Å². The topological polar surface area (TPSA) is 92.3 Å². The number of rotatable bonds is 8. The summed E-state index contributed by atoms with van der Waals surface area (Å²) in [5.41, 5.74) is 3.18. The zero-order chi connectivity index (χ0) is 22.5. The average molecular weight is 431 g/mol. The first-order valence-electron chi connectivity index (χ1n) is 10.2. The zero-order valence-corrected chi connectivity index (χ0v) is 18.6. The number of ether oxygens (including phenoxy) is 5. The third-order valence-corrected chi connectivity index (χ3v) is 5.54. The second-order valence-corrected chi connectivity index (χ2v) is 7.35. The fraction of sp³-hybridized carbons (Fsp3) is 0.478. The van der Waals surface area contributed by atoms with Crippen LogP contribution in [0.3, 0.4) is 0 Å². The van der Waals surface area contributed by atoms with Crippen molar-refractivity contribution in [1.82, 2.24) is 5.32 Å². The van der Waals surface area contributed by atoms with E-state index in [2.05, 4.69) is 5.32 Å². The minimum atomic E-state index is -0.604. The van der Waals surface area contributed by atoms with Gasteiger partial charge in [0.1, 0.15) is 6.61 Å². The largest absolute Gasteiger partial charge is 0.493 e. The van der Waals surface area contributed by atoms with Gasteiger partial charge in [0, 0.05) is 36.4 Å². The molecule has 0 radical (unpaired) electrons. The van der Waals surface area contributed by atoms with Crippen molar-refractivity contribution in [3.05, 3.63) is 40.2 Å². The maximum Gasteiger partial charge on any atom is 0.336 e. The van der Waals surface area contributed by atoms with Crippen molar-refractivity contribution in [2.45, 2.75) is 32.1 Å². The highest BCUT2D eigenvalue weighted by molar-refractivity contribution is 6.03. The smallest absolute Gasteiger partial charge is 0.336 e. The molecular formula is C23H29NO7. The number of carbonyl (C=O) groups excluding carboxylic acids is 2. The molecule has 1 atom stereocenters. The predicted molar refractivity (Wildman–Crippen MR) is 113 cm³/mol. The molecule has 0 bridgehead atoms. The van der Waals surface area contributed by atoms with Gasteiger partial charge in [-0.2, -0.15) is 0 Å². The Morgan fingerprint density at radius 1 is 1.03 bits per heavy atom. The van der Waals surface area contributed by atoms with E-state index in [1.165, 1.54) is 28.4 Å². The van der Waals surface area contributed by atoms with Crippen molar-refractivity contribution in [3.63, 3.8) is 0 Å². The fourth-order valence-electron chi connectivity index (χ4n) is 4.15. The monoisotopic (exact) mass is 431 g/mol.